The van der Waals surface area contributed by atoms with Crippen molar-refractivity contribution in [2.24, 2.45) is 0 Å². The fraction of sp³-hybridized carbons (Fsp3) is 0.111. The Bertz CT molecular complexity index is 448. The summed E-state index contributed by atoms with van der Waals surface area (Å²) in [5.74, 6) is -2.55. The number of hydrogen-bond acceptors (Lipinski definition) is 3. The van der Waals surface area contributed by atoms with Gasteiger partial charge in [-0.3, -0.25) is 15.1 Å². The number of urea groups is 1. The van der Waals surface area contributed by atoms with Crippen LogP contribution in [0.25, 0.3) is 0 Å². The van der Waals surface area contributed by atoms with E-state index in [9.17, 15) is 18.4 Å². The van der Waals surface area contributed by atoms with E-state index in [0.29, 0.717) is 0 Å². The number of hydrogen-bond donors (Lipinski definition) is 2. The third-order valence-corrected chi connectivity index (χ3v) is 2.01. The summed E-state index contributed by atoms with van der Waals surface area (Å²) in [7, 11) is 0. The molecule has 0 bridgehead atoms. The molecule has 0 radical (unpaired) electrons. The summed E-state index contributed by atoms with van der Waals surface area (Å²) < 4.78 is 25.6. The quantitative estimate of drug-likeness (QED) is 0.735. The van der Waals surface area contributed by atoms with Gasteiger partial charge in [0.25, 0.3) is 0 Å². The van der Waals surface area contributed by atoms with Crippen LogP contribution in [-0.2, 0) is 4.79 Å². The first kappa shape index (κ1) is 10.3. The molecule has 16 heavy (non-hydrogen) atoms. The third kappa shape index (κ3) is 1.92. The molecule has 7 heteroatoms. The van der Waals surface area contributed by atoms with E-state index < -0.39 is 23.6 Å². The van der Waals surface area contributed by atoms with Crippen molar-refractivity contribution in [3.63, 3.8) is 0 Å². The molecule has 1 heterocycles. The Labute approximate surface area is 89.0 Å². The zero-order chi connectivity index (χ0) is 11.7. The van der Waals surface area contributed by atoms with Crippen LogP contribution in [0.2, 0.25) is 0 Å². The molecule has 3 amide bonds. The normalized spacial score (nSPS) is 15.8. The minimum atomic E-state index is -1.04. The van der Waals surface area contributed by atoms with Crippen molar-refractivity contribution in [3.05, 3.63) is 29.8 Å². The van der Waals surface area contributed by atoms with Crippen LogP contribution >= 0.6 is 0 Å². The number of benzene rings is 1. The molecule has 1 fully saturated rings. The Morgan fingerprint density at radius 1 is 1.19 bits per heavy atom. The summed E-state index contributed by atoms with van der Waals surface area (Å²) in [6, 6.07) is 2.37. The van der Waals surface area contributed by atoms with E-state index in [0.717, 1.165) is 17.1 Å². The zero-order valence-corrected chi connectivity index (χ0v) is 7.96. The predicted molar refractivity (Wildman–Crippen MR) is 50.4 cm³/mol. The number of imide groups is 1. The van der Waals surface area contributed by atoms with Crippen LogP contribution in [0.4, 0.5) is 19.3 Å². The number of amides is 3. The van der Waals surface area contributed by atoms with Crippen molar-refractivity contribution in [3.8, 4) is 0 Å². The first-order valence-electron chi connectivity index (χ1n) is 4.39. The number of nitrogens with one attached hydrogen (secondary N) is 2. The van der Waals surface area contributed by atoms with Gasteiger partial charge in [0.05, 0.1) is 5.69 Å². The average molecular weight is 227 g/mol. The van der Waals surface area contributed by atoms with Gasteiger partial charge in [0.1, 0.15) is 6.54 Å². The summed E-state index contributed by atoms with van der Waals surface area (Å²) >= 11 is 0. The Hall–Kier alpha value is -2.18. The lowest BCUT2D eigenvalue weighted by Gasteiger charge is -2.28. The zero-order valence-electron chi connectivity index (χ0n) is 7.96. The Balaban J connectivity index is 2.26. The highest BCUT2D eigenvalue weighted by atomic mass is 19.2. The molecule has 1 saturated heterocycles. The monoisotopic (exact) mass is 227 g/mol. The number of anilines is 1. The molecule has 0 spiro atoms. The van der Waals surface area contributed by atoms with Gasteiger partial charge in [-0.2, -0.15) is 0 Å². The van der Waals surface area contributed by atoms with Gasteiger partial charge in [0.15, 0.2) is 11.6 Å². The SMILES string of the molecule is O=C1CN(c2ccc(F)c(F)c2)NC(=O)N1. The Morgan fingerprint density at radius 3 is 2.56 bits per heavy atom. The van der Waals surface area contributed by atoms with Crippen LogP contribution in [0.5, 0.6) is 0 Å². The number of hydrazine groups is 1. The van der Waals surface area contributed by atoms with E-state index in [1.807, 2.05) is 5.32 Å². The van der Waals surface area contributed by atoms with Gasteiger partial charge in [0.2, 0.25) is 5.91 Å². The predicted octanol–water partition coefficient (Wildman–Crippen LogP) is 0.526. The first-order chi connectivity index (χ1) is 7.56. The molecule has 2 N–H and O–H groups in total. The van der Waals surface area contributed by atoms with E-state index >= 15 is 0 Å². The maximum atomic E-state index is 12.9. The van der Waals surface area contributed by atoms with E-state index in [-0.39, 0.29) is 12.2 Å². The van der Waals surface area contributed by atoms with Crippen LogP contribution in [0.1, 0.15) is 0 Å². The Morgan fingerprint density at radius 2 is 1.94 bits per heavy atom. The van der Waals surface area contributed by atoms with Crippen LogP contribution in [0.3, 0.4) is 0 Å². The first-order valence-corrected chi connectivity index (χ1v) is 4.39. The van der Waals surface area contributed by atoms with E-state index in [1.54, 1.807) is 0 Å². The highest BCUT2D eigenvalue weighted by Crippen LogP contribution is 2.16. The number of nitrogens with zero attached hydrogens (tertiary/aromatic N) is 1. The summed E-state index contributed by atoms with van der Waals surface area (Å²) in [4.78, 5) is 22.0. The van der Waals surface area contributed by atoms with E-state index in [2.05, 4.69) is 5.43 Å². The van der Waals surface area contributed by atoms with Crippen molar-refractivity contribution >= 4 is 17.6 Å². The van der Waals surface area contributed by atoms with Gasteiger partial charge >= 0.3 is 6.03 Å². The molecule has 0 aliphatic carbocycles. The summed E-state index contributed by atoms with van der Waals surface area (Å²) in [6.07, 6.45) is 0. The molecule has 0 saturated carbocycles. The van der Waals surface area contributed by atoms with E-state index in [1.165, 1.54) is 6.07 Å². The molecule has 84 valence electrons. The molecule has 0 unspecified atom stereocenters. The van der Waals surface area contributed by atoms with Crippen LogP contribution in [-0.4, -0.2) is 18.5 Å². The third-order valence-electron chi connectivity index (χ3n) is 2.01. The second kappa shape index (κ2) is 3.76. The molecule has 5 nitrogen and oxygen atoms in total. The van der Waals surface area contributed by atoms with Crippen LogP contribution < -0.4 is 15.8 Å². The molecule has 0 aromatic heterocycles. The van der Waals surface area contributed by atoms with Gasteiger partial charge < -0.3 is 0 Å². The molecular formula is C9H7F2N3O2. The largest absolute Gasteiger partial charge is 0.340 e. The lowest BCUT2D eigenvalue weighted by molar-refractivity contribution is -0.119. The fourth-order valence-electron chi connectivity index (χ4n) is 1.31. The van der Waals surface area contributed by atoms with Gasteiger partial charge in [-0.1, -0.05) is 0 Å². The molecule has 1 aromatic carbocycles. The number of carbonyl (C=O) groups is 2. The molecule has 1 aromatic rings. The van der Waals surface area contributed by atoms with Crippen molar-refractivity contribution in [2.75, 3.05) is 11.6 Å². The van der Waals surface area contributed by atoms with Crippen molar-refractivity contribution in [1.29, 1.82) is 0 Å². The lowest BCUT2D eigenvalue weighted by Crippen LogP contribution is -2.59. The highest BCUT2D eigenvalue weighted by molar-refractivity contribution is 6.00. The number of halogens is 2. The molecular weight excluding hydrogens is 220 g/mol. The minimum Gasteiger partial charge on any atom is -0.275 e. The topological polar surface area (TPSA) is 61.4 Å². The minimum absolute atomic E-state index is 0.156. The second-order valence-electron chi connectivity index (χ2n) is 3.17. The van der Waals surface area contributed by atoms with Gasteiger partial charge in [0, 0.05) is 6.07 Å². The van der Waals surface area contributed by atoms with Crippen LogP contribution in [0.15, 0.2) is 18.2 Å². The average Bonchev–Trinajstić information content (AvgIpc) is 2.20. The molecule has 0 atom stereocenters. The number of carbonyl (C=O) groups excluding carboxylic acids is 2. The maximum Gasteiger partial charge on any atom is 0.340 e. The second-order valence-corrected chi connectivity index (χ2v) is 3.17. The van der Waals surface area contributed by atoms with E-state index in [4.69, 9.17) is 0 Å². The van der Waals surface area contributed by atoms with Crippen LogP contribution in [0, 0.1) is 11.6 Å². The Kier molecular flexibility index (Phi) is 2.43. The molecule has 1 aliphatic heterocycles. The van der Waals surface area contributed by atoms with Crippen molar-refractivity contribution in [1.82, 2.24) is 10.7 Å². The standard InChI is InChI=1S/C9H7F2N3O2/c10-6-2-1-5(3-7(6)11)14-4-8(15)12-9(16)13-14/h1-3H,4H2,(H2,12,13,15,16). The molecule has 2 rings (SSSR count). The maximum absolute atomic E-state index is 12.9. The summed E-state index contributed by atoms with van der Waals surface area (Å²) in [6.45, 7) is -0.156. The summed E-state index contributed by atoms with van der Waals surface area (Å²) in [5.41, 5.74) is 2.48. The van der Waals surface area contributed by atoms with Crippen molar-refractivity contribution < 1.29 is 18.4 Å². The smallest absolute Gasteiger partial charge is 0.275 e. The summed E-state index contributed by atoms with van der Waals surface area (Å²) in [5, 5.41) is 3.14. The van der Waals surface area contributed by atoms with Gasteiger partial charge in [-0.05, 0) is 12.1 Å². The highest BCUT2D eigenvalue weighted by Gasteiger charge is 2.22. The molecule has 1 aliphatic rings. The van der Waals surface area contributed by atoms with Crippen molar-refractivity contribution in [2.45, 2.75) is 0 Å². The van der Waals surface area contributed by atoms with Gasteiger partial charge in [-0.15, -0.1) is 0 Å². The fourth-order valence-corrected chi connectivity index (χ4v) is 1.31. The number of rotatable bonds is 1. The van der Waals surface area contributed by atoms with Gasteiger partial charge in [-0.25, -0.2) is 19.0 Å². The lowest BCUT2D eigenvalue weighted by atomic mass is 10.3.